The van der Waals surface area contributed by atoms with Gasteiger partial charge in [-0.3, -0.25) is 24.5 Å². The van der Waals surface area contributed by atoms with Gasteiger partial charge in [-0.15, -0.1) is 0 Å². The normalized spacial score (nSPS) is 10.1. The van der Waals surface area contributed by atoms with Crippen molar-refractivity contribution in [2.45, 2.75) is 0 Å². The average Bonchev–Trinajstić information content (AvgIpc) is 2.65. The van der Waals surface area contributed by atoms with Crippen LogP contribution in [-0.2, 0) is 4.79 Å². The number of amides is 2. The minimum absolute atomic E-state index is 0.0556. The SMILES string of the molecule is O=C(CNC(=O)c1ccccc1C(=O)O)Nc1ccc(C(=O)C[N+](=O)[O-])c(Cl)c1. The number of aromatic carboxylic acids is 1. The number of benzene rings is 2. The molecule has 29 heavy (non-hydrogen) atoms. The third kappa shape index (κ3) is 5.84. The maximum absolute atomic E-state index is 12.1. The molecule has 0 saturated heterocycles. The lowest BCUT2D eigenvalue weighted by atomic mass is 10.1. The summed E-state index contributed by atoms with van der Waals surface area (Å²) >= 11 is 5.93. The molecule has 0 bridgehead atoms. The number of carboxylic acids is 1. The van der Waals surface area contributed by atoms with Crippen LogP contribution in [0.4, 0.5) is 5.69 Å². The van der Waals surface area contributed by atoms with E-state index in [2.05, 4.69) is 10.6 Å². The van der Waals surface area contributed by atoms with Crippen LogP contribution in [0.1, 0.15) is 31.1 Å². The van der Waals surface area contributed by atoms with E-state index in [4.69, 9.17) is 16.7 Å². The van der Waals surface area contributed by atoms with Crippen LogP contribution in [0.2, 0.25) is 5.02 Å². The zero-order valence-electron chi connectivity index (χ0n) is 14.7. The number of hydrogen-bond acceptors (Lipinski definition) is 6. The second kappa shape index (κ2) is 9.42. The van der Waals surface area contributed by atoms with Crippen LogP contribution in [-0.4, -0.2) is 46.7 Å². The molecule has 150 valence electrons. The molecule has 2 amide bonds. The van der Waals surface area contributed by atoms with Crippen molar-refractivity contribution in [3.63, 3.8) is 0 Å². The number of carboxylic acid groups (broad SMARTS) is 1. The van der Waals surface area contributed by atoms with E-state index in [0.29, 0.717) is 0 Å². The highest BCUT2D eigenvalue weighted by atomic mass is 35.5. The number of halogens is 1. The lowest BCUT2D eigenvalue weighted by Crippen LogP contribution is -2.33. The lowest BCUT2D eigenvalue weighted by molar-refractivity contribution is -0.465. The summed E-state index contributed by atoms with van der Waals surface area (Å²) in [6.45, 7) is -1.36. The van der Waals surface area contributed by atoms with Crippen molar-refractivity contribution in [1.29, 1.82) is 0 Å². The third-order valence-corrected chi connectivity index (χ3v) is 3.95. The lowest BCUT2D eigenvalue weighted by Gasteiger charge is -2.09. The molecular weight excluding hydrogens is 406 g/mol. The first kappa shape index (κ1) is 21.5. The number of nitrogens with one attached hydrogen (secondary N) is 2. The Hall–Kier alpha value is -3.79. The van der Waals surface area contributed by atoms with Crippen LogP contribution in [0.15, 0.2) is 42.5 Å². The Bertz CT molecular complexity index is 1010. The van der Waals surface area contributed by atoms with Gasteiger partial charge in [-0.2, -0.15) is 0 Å². The zero-order valence-corrected chi connectivity index (χ0v) is 15.4. The Morgan fingerprint density at radius 3 is 2.28 bits per heavy atom. The van der Waals surface area contributed by atoms with Crippen LogP contribution >= 0.6 is 11.6 Å². The van der Waals surface area contributed by atoms with Gasteiger partial charge in [-0.1, -0.05) is 23.7 Å². The number of nitrogens with zero attached hydrogens (tertiary/aromatic N) is 1. The number of rotatable bonds is 8. The molecule has 0 aliphatic heterocycles. The van der Waals surface area contributed by atoms with E-state index in [1.807, 2.05) is 0 Å². The zero-order chi connectivity index (χ0) is 21.6. The molecule has 2 aromatic carbocycles. The van der Waals surface area contributed by atoms with Crippen molar-refractivity contribution in [2.24, 2.45) is 0 Å². The van der Waals surface area contributed by atoms with Crippen LogP contribution in [0.5, 0.6) is 0 Å². The number of anilines is 1. The Balaban J connectivity index is 1.98. The predicted molar refractivity (Wildman–Crippen MR) is 102 cm³/mol. The quantitative estimate of drug-likeness (QED) is 0.335. The summed E-state index contributed by atoms with van der Waals surface area (Å²) in [5.41, 5.74) is -0.144. The summed E-state index contributed by atoms with van der Waals surface area (Å²) in [5.74, 6) is -3.42. The molecule has 3 N–H and O–H groups in total. The Labute approximate surface area is 168 Å². The summed E-state index contributed by atoms with van der Waals surface area (Å²) in [4.78, 5) is 56.6. The average molecular weight is 420 g/mol. The third-order valence-electron chi connectivity index (χ3n) is 3.64. The summed E-state index contributed by atoms with van der Waals surface area (Å²) in [5, 5.41) is 24.2. The highest BCUT2D eigenvalue weighted by Crippen LogP contribution is 2.21. The molecule has 0 radical (unpaired) electrons. The molecule has 0 aromatic heterocycles. The summed E-state index contributed by atoms with van der Waals surface area (Å²) in [6, 6.07) is 9.36. The van der Waals surface area contributed by atoms with Crippen LogP contribution < -0.4 is 10.6 Å². The number of carbonyl (C=O) groups excluding carboxylic acids is 3. The second-order valence-electron chi connectivity index (χ2n) is 5.69. The van der Waals surface area contributed by atoms with E-state index in [0.717, 1.165) is 0 Å². The van der Waals surface area contributed by atoms with Crippen molar-refractivity contribution in [3.8, 4) is 0 Å². The van der Waals surface area contributed by atoms with E-state index in [9.17, 15) is 29.3 Å². The van der Waals surface area contributed by atoms with Gasteiger partial charge >= 0.3 is 5.97 Å². The monoisotopic (exact) mass is 419 g/mol. The molecule has 0 atom stereocenters. The number of ketones is 1. The first-order chi connectivity index (χ1) is 13.7. The second-order valence-corrected chi connectivity index (χ2v) is 6.10. The standard InChI is InChI=1S/C18H14ClN3O7/c19-14-7-10(5-6-13(14)15(23)9-22(28)29)21-16(24)8-20-17(25)11-3-1-2-4-12(11)18(26)27/h1-7H,8-9H2,(H,20,25)(H,21,24)(H,26,27). The largest absolute Gasteiger partial charge is 0.478 e. The molecule has 2 rings (SSSR count). The predicted octanol–water partition coefficient (Wildman–Crippen LogP) is 1.87. The minimum atomic E-state index is -1.28. The fourth-order valence-corrected chi connectivity index (χ4v) is 2.64. The first-order valence-corrected chi connectivity index (χ1v) is 8.41. The summed E-state index contributed by atoms with van der Waals surface area (Å²) in [6.07, 6.45) is 0. The minimum Gasteiger partial charge on any atom is -0.478 e. The fourth-order valence-electron chi connectivity index (χ4n) is 2.35. The van der Waals surface area contributed by atoms with E-state index in [-0.39, 0.29) is 27.4 Å². The maximum Gasteiger partial charge on any atom is 0.336 e. The maximum atomic E-state index is 12.1. The number of carbonyl (C=O) groups is 4. The smallest absolute Gasteiger partial charge is 0.336 e. The molecule has 0 fully saturated rings. The van der Waals surface area contributed by atoms with Gasteiger partial charge < -0.3 is 15.7 Å². The molecule has 10 nitrogen and oxygen atoms in total. The van der Waals surface area contributed by atoms with Gasteiger partial charge in [-0.05, 0) is 30.3 Å². The van der Waals surface area contributed by atoms with Crippen LogP contribution in [0.3, 0.4) is 0 Å². The molecule has 0 aliphatic rings. The van der Waals surface area contributed by atoms with Crippen molar-refractivity contribution in [3.05, 3.63) is 74.3 Å². The highest BCUT2D eigenvalue weighted by molar-refractivity contribution is 6.34. The topological polar surface area (TPSA) is 156 Å². The van der Waals surface area contributed by atoms with Crippen molar-refractivity contribution in [1.82, 2.24) is 5.32 Å². The summed E-state index contributed by atoms with van der Waals surface area (Å²) in [7, 11) is 0. The van der Waals surface area contributed by atoms with Gasteiger partial charge in [-0.25, -0.2) is 4.79 Å². The van der Waals surface area contributed by atoms with Gasteiger partial charge in [0.25, 0.3) is 12.5 Å². The number of hydrogen-bond donors (Lipinski definition) is 3. The van der Waals surface area contributed by atoms with Crippen LogP contribution in [0.25, 0.3) is 0 Å². The van der Waals surface area contributed by atoms with E-state index in [1.165, 1.54) is 42.5 Å². The summed E-state index contributed by atoms with van der Waals surface area (Å²) < 4.78 is 0. The molecule has 0 saturated carbocycles. The van der Waals surface area contributed by atoms with Gasteiger partial charge in [0.15, 0.2) is 0 Å². The van der Waals surface area contributed by atoms with Crippen molar-refractivity contribution in [2.75, 3.05) is 18.4 Å². The first-order valence-electron chi connectivity index (χ1n) is 8.04. The molecule has 0 heterocycles. The van der Waals surface area contributed by atoms with Crippen molar-refractivity contribution < 1.29 is 29.2 Å². The molecule has 2 aromatic rings. The molecule has 11 heteroatoms. The van der Waals surface area contributed by atoms with E-state index >= 15 is 0 Å². The highest BCUT2D eigenvalue weighted by Gasteiger charge is 2.18. The Kier molecular flexibility index (Phi) is 6.99. The Morgan fingerprint density at radius 1 is 1.03 bits per heavy atom. The Morgan fingerprint density at radius 2 is 1.69 bits per heavy atom. The van der Waals surface area contributed by atoms with E-state index < -0.39 is 41.6 Å². The van der Waals surface area contributed by atoms with Crippen molar-refractivity contribution >= 4 is 40.9 Å². The van der Waals surface area contributed by atoms with Gasteiger partial charge in [0.2, 0.25) is 11.7 Å². The van der Waals surface area contributed by atoms with E-state index in [1.54, 1.807) is 0 Å². The van der Waals surface area contributed by atoms with Gasteiger partial charge in [0.05, 0.1) is 22.7 Å². The molecule has 0 spiro atoms. The fraction of sp³-hybridized carbons (Fsp3) is 0.111. The van der Waals surface area contributed by atoms with Gasteiger partial charge in [0.1, 0.15) is 0 Å². The molecular formula is C18H14ClN3O7. The molecule has 0 aliphatic carbocycles. The molecule has 0 unspecified atom stereocenters. The van der Waals surface area contributed by atoms with Crippen LogP contribution in [0, 0.1) is 10.1 Å². The van der Waals surface area contributed by atoms with Gasteiger partial charge in [0, 0.05) is 16.2 Å². The number of Topliss-reactive ketones (excluding diaryl/α,β-unsaturated/α-hetero) is 1. The number of nitro groups is 1.